The third kappa shape index (κ3) is 2.76. The van der Waals surface area contributed by atoms with Crippen molar-refractivity contribution in [2.45, 2.75) is 6.92 Å². The molecule has 0 aromatic carbocycles. The van der Waals surface area contributed by atoms with Crippen LogP contribution in [0.3, 0.4) is 0 Å². The van der Waals surface area contributed by atoms with Crippen molar-refractivity contribution in [2.24, 2.45) is 0 Å². The summed E-state index contributed by atoms with van der Waals surface area (Å²) in [6.07, 6.45) is 1.62. The van der Waals surface area contributed by atoms with Gasteiger partial charge in [0.25, 0.3) is 0 Å². The van der Waals surface area contributed by atoms with Crippen molar-refractivity contribution in [3.8, 4) is 0 Å². The van der Waals surface area contributed by atoms with Crippen LogP contribution in [-0.2, 0) is 0 Å². The molecule has 0 N–H and O–H groups in total. The van der Waals surface area contributed by atoms with E-state index in [1.165, 1.54) is 17.6 Å². The fraction of sp³-hybridized carbons (Fsp3) is 0.417. The van der Waals surface area contributed by atoms with E-state index in [2.05, 4.69) is 35.2 Å². The van der Waals surface area contributed by atoms with Crippen LogP contribution >= 0.6 is 27.5 Å². The molecule has 0 radical (unpaired) electrons. The highest BCUT2D eigenvalue weighted by molar-refractivity contribution is 9.10. The van der Waals surface area contributed by atoms with Gasteiger partial charge < -0.3 is 9.80 Å². The molecule has 106 valence electrons. The molecule has 0 atom stereocenters. The van der Waals surface area contributed by atoms with E-state index in [9.17, 15) is 4.39 Å². The van der Waals surface area contributed by atoms with E-state index in [4.69, 9.17) is 0 Å². The Kier molecular flexibility index (Phi) is 3.84. The van der Waals surface area contributed by atoms with Crippen molar-refractivity contribution in [1.29, 1.82) is 0 Å². The summed E-state index contributed by atoms with van der Waals surface area (Å²) >= 11 is 4.63. The molecule has 0 unspecified atom stereocenters. The largest absolute Gasteiger partial charge is 0.351 e. The fourth-order valence-electron chi connectivity index (χ4n) is 2.16. The standard InChI is InChI=1S/C12H13BrFN5S/c1-8-16-12(20-17-8)19-4-2-18(3-5-19)11-10(14)6-9(13)7-15-11/h6-7H,2-5H2,1H3. The number of aryl methyl sites for hydroxylation is 1. The number of nitrogens with zero attached hydrogens (tertiary/aromatic N) is 5. The van der Waals surface area contributed by atoms with Gasteiger partial charge in [-0.05, 0) is 28.9 Å². The van der Waals surface area contributed by atoms with Crippen molar-refractivity contribution < 1.29 is 4.39 Å². The third-order valence-corrected chi connectivity index (χ3v) is 4.46. The molecule has 1 aliphatic rings. The van der Waals surface area contributed by atoms with Gasteiger partial charge in [-0.1, -0.05) is 0 Å². The molecule has 5 nitrogen and oxygen atoms in total. The molecule has 0 bridgehead atoms. The van der Waals surface area contributed by atoms with Crippen LogP contribution in [0.15, 0.2) is 16.7 Å². The summed E-state index contributed by atoms with van der Waals surface area (Å²) < 4.78 is 18.7. The van der Waals surface area contributed by atoms with Gasteiger partial charge in [0.2, 0.25) is 5.13 Å². The van der Waals surface area contributed by atoms with E-state index in [0.717, 1.165) is 37.1 Å². The van der Waals surface area contributed by atoms with Crippen molar-refractivity contribution in [1.82, 2.24) is 14.3 Å². The Balaban J connectivity index is 1.69. The Morgan fingerprint density at radius 1 is 1.25 bits per heavy atom. The zero-order valence-electron chi connectivity index (χ0n) is 10.9. The molecular weight excluding hydrogens is 345 g/mol. The van der Waals surface area contributed by atoms with Crippen LogP contribution in [0.1, 0.15) is 5.82 Å². The van der Waals surface area contributed by atoms with Crippen LogP contribution in [0, 0.1) is 12.7 Å². The van der Waals surface area contributed by atoms with Crippen molar-refractivity contribution in [3.63, 3.8) is 0 Å². The van der Waals surface area contributed by atoms with Gasteiger partial charge in [-0.25, -0.2) is 14.4 Å². The fourth-order valence-corrected chi connectivity index (χ4v) is 3.19. The average molecular weight is 358 g/mol. The van der Waals surface area contributed by atoms with E-state index in [1.54, 1.807) is 6.20 Å². The van der Waals surface area contributed by atoms with Gasteiger partial charge in [0, 0.05) is 48.4 Å². The highest BCUT2D eigenvalue weighted by Gasteiger charge is 2.22. The molecule has 0 spiro atoms. The maximum Gasteiger partial charge on any atom is 0.205 e. The maximum absolute atomic E-state index is 13.9. The number of rotatable bonds is 2. The number of piperazine rings is 1. The first-order valence-electron chi connectivity index (χ1n) is 6.25. The molecule has 8 heteroatoms. The minimum Gasteiger partial charge on any atom is -0.351 e. The maximum atomic E-state index is 13.9. The highest BCUT2D eigenvalue weighted by Crippen LogP contribution is 2.23. The van der Waals surface area contributed by atoms with E-state index in [1.807, 2.05) is 11.8 Å². The lowest BCUT2D eigenvalue weighted by Gasteiger charge is -2.35. The summed E-state index contributed by atoms with van der Waals surface area (Å²) in [6, 6.07) is 1.45. The first kappa shape index (κ1) is 13.7. The summed E-state index contributed by atoms with van der Waals surface area (Å²) in [5.41, 5.74) is 0. The monoisotopic (exact) mass is 357 g/mol. The Morgan fingerprint density at radius 2 is 1.95 bits per heavy atom. The third-order valence-electron chi connectivity index (χ3n) is 3.15. The Morgan fingerprint density at radius 3 is 2.55 bits per heavy atom. The van der Waals surface area contributed by atoms with E-state index < -0.39 is 0 Å². The van der Waals surface area contributed by atoms with Crippen molar-refractivity contribution >= 4 is 38.4 Å². The van der Waals surface area contributed by atoms with Crippen LogP contribution in [0.4, 0.5) is 15.3 Å². The normalized spacial score (nSPS) is 15.8. The quantitative estimate of drug-likeness (QED) is 0.825. The molecule has 1 aliphatic heterocycles. The lowest BCUT2D eigenvalue weighted by Crippen LogP contribution is -2.47. The lowest BCUT2D eigenvalue weighted by atomic mass is 10.3. The summed E-state index contributed by atoms with van der Waals surface area (Å²) in [7, 11) is 0. The van der Waals surface area contributed by atoms with Crippen LogP contribution in [0.2, 0.25) is 0 Å². The minimum absolute atomic E-state index is 0.292. The Bertz CT molecular complexity index is 612. The second-order valence-electron chi connectivity index (χ2n) is 4.56. The smallest absolute Gasteiger partial charge is 0.205 e. The molecule has 1 fully saturated rings. The first-order valence-corrected chi connectivity index (χ1v) is 7.81. The zero-order chi connectivity index (χ0) is 14.1. The van der Waals surface area contributed by atoms with Gasteiger partial charge in [-0.3, -0.25) is 0 Å². The van der Waals surface area contributed by atoms with E-state index in [-0.39, 0.29) is 5.82 Å². The Labute approximate surface area is 128 Å². The van der Waals surface area contributed by atoms with Crippen LogP contribution < -0.4 is 9.80 Å². The highest BCUT2D eigenvalue weighted by atomic mass is 79.9. The summed E-state index contributed by atoms with van der Waals surface area (Å²) in [4.78, 5) is 12.7. The van der Waals surface area contributed by atoms with E-state index in [0.29, 0.717) is 10.3 Å². The summed E-state index contributed by atoms with van der Waals surface area (Å²) in [5, 5.41) is 0.936. The molecule has 2 aromatic heterocycles. The average Bonchev–Trinajstić information content (AvgIpc) is 2.86. The molecule has 20 heavy (non-hydrogen) atoms. The van der Waals surface area contributed by atoms with E-state index >= 15 is 0 Å². The van der Waals surface area contributed by atoms with Gasteiger partial charge in [0.05, 0.1) is 0 Å². The van der Waals surface area contributed by atoms with Crippen molar-refractivity contribution in [3.05, 3.63) is 28.4 Å². The summed E-state index contributed by atoms with van der Waals surface area (Å²) in [5.74, 6) is 0.925. The molecular formula is C12H13BrFN5S. The molecule has 0 amide bonds. The van der Waals surface area contributed by atoms with Gasteiger partial charge in [0.1, 0.15) is 5.82 Å². The van der Waals surface area contributed by atoms with Gasteiger partial charge in [-0.15, -0.1) is 0 Å². The second kappa shape index (κ2) is 5.61. The molecule has 3 heterocycles. The topological polar surface area (TPSA) is 45.2 Å². The number of hydrogen-bond acceptors (Lipinski definition) is 6. The number of anilines is 2. The van der Waals surface area contributed by atoms with Gasteiger partial charge in [-0.2, -0.15) is 4.37 Å². The van der Waals surface area contributed by atoms with Crippen LogP contribution in [0.25, 0.3) is 0 Å². The first-order chi connectivity index (χ1) is 9.63. The number of aromatic nitrogens is 3. The SMILES string of the molecule is Cc1nsc(N2CCN(c3ncc(Br)cc3F)CC2)n1. The van der Waals surface area contributed by atoms with Gasteiger partial charge in [0.15, 0.2) is 11.6 Å². The number of halogens is 2. The summed E-state index contributed by atoms with van der Waals surface area (Å²) in [6.45, 7) is 4.93. The number of hydrogen-bond donors (Lipinski definition) is 0. The molecule has 2 aromatic rings. The van der Waals surface area contributed by atoms with Gasteiger partial charge >= 0.3 is 0 Å². The molecule has 0 aliphatic carbocycles. The molecule has 0 saturated carbocycles. The van der Waals surface area contributed by atoms with Crippen LogP contribution in [0.5, 0.6) is 0 Å². The lowest BCUT2D eigenvalue weighted by molar-refractivity contribution is 0.587. The second-order valence-corrected chi connectivity index (χ2v) is 6.20. The number of pyridine rings is 1. The Hall–Kier alpha value is -1.28. The van der Waals surface area contributed by atoms with Crippen LogP contribution in [-0.4, -0.2) is 40.5 Å². The predicted molar refractivity (Wildman–Crippen MR) is 81.0 cm³/mol. The minimum atomic E-state index is -0.292. The molecule has 1 saturated heterocycles. The molecule has 3 rings (SSSR count). The zero-order valence-corrected chi connectivity index (χ0v) is 13.3. The van der Waals surface area contributed by atoms with Crippen molar-refractivity contribution in [2.75, 3.05) is 36.0 Å². The predicted octanol–water partition coefficient (Wildman–Crippen LogP) is 2.47.